The Bertz CT molecular complexity index is 797. The van der Waals surface area contributed by atoms with Crippen LogP contribution in [0.15, 0.2) is 48.5 Å². The molecule has 0 aliphatic carbocycles. The summed E-state index contributed by atoms with van der Waals surface area (Å²) in [7, 11) is 0. The second-order valence-corrected chi connectivity index (χ2v) is 4.35. The van der Waals surface area contributed by atoms with Gasteiger partial charge in [-0.1, -0.05) is 17.3 Å². The largest absolute Gasteiger partial charge is 0.508 e. The van der Waals surface area contributed by atoms with Crippen LogP contribution in [0.1, 0.15) is 10.5 Å². The Kier molecular flexibility index (Phi) is 3.19. The smallest absolute Gasteiger partial charge is 0.172 e. The number of hydrogen-bond donors (Lipinski definition) is 1. The highest BCUT2D eigenvalue weighted by molar-refractivity contribution is 5.84. The highest BCUT2D eigenvalue weighted by Gasteiger charge is 2.18. The first-order valence-corrected chi connectivity index (χ1v) is 6.16. The fourth-order valence-corrected chi connectivity index (χ4v) is 2.05. The van der Waals surface area contributed by atoms with Crippen LogP contribution in [0.4, 0.5) is 4.39 Å². The topological polar surface area (TPSA) is 68.0 Å². The average molecular weight is 283 g/mol. The first-order valence-electron chi connectivity index (χ1n) is 6.16. The molecule has 3 rings (SSSR count). The van der Waals surface area contributed by atoms with E-state index in [9.17, 15) is 14.3 Å². The zero-order chi connectivity index (χ0) is 14.8. The number of hydrogen-bond acceptors (Lipinski definition) is 4. The molecule has 0 unspecified atom stereocenters. The molecule has 0 fully saturated rings. The van der Waals surface area contributed by atoms with E-state index in [1.54, 1.807) is 30.3 Å². The Labute approximate surface area is 119 Å². The van der Waals surface area contributed by atoms with E-state index in [0.29, 0.717) is 12.0 Å². The molecule has 0 spiro atoms. The van der Waals surface area contributed by atoms with Gasteiger partial charge in [0.2, 0.25) is 0 Å². The van der Waals surface area contributed by atoms with E-state index in [1.807, 2.05) is 0 Å². The van der Waals surface area contributed by atoms with Gasteiger partial charge in [-0.3, -0.25) is 4.79 Å². The number of benzene rings is 2. The molecule has 0 radical (unpaired) electrons. The summed E-state index contributed by atoms with van der Waals surface area (Å²) in [5, 5.41) is 17.0. The molecule has 0 saturated heterocycles. The van der Waals surface area contributed by atoms with E-state index in [2.05, 4.69) is 10.3 Å². The molecule has 0 saturated carbocycles. The van der Waals surface area contributed by atoms with Gasteiger partial charge in [0.15, 0.2) is 12.0 Å². The summed E-state index contributed by atoms with van der Waals surface area (Å²) in [6.07, 6.45) is 0.533. The number of nitrogens with zero attached hydrogens (tertiary/aromatic N) is 3. The number of rotatable bonds is 3. The first kappa shape index (κ1) is 13.0. The van der Waals surface area contributed by atoms with Gasteiger partial charge in [0.25, 0.3) is 0 Å². The van der Waals surface area contributed by atoms with E-state index in [-0.39, 0.29) is 22.7 Å². The molecule has 1 N–H and O–H groups in total. The lowest BCUT2D eigenvalue weighted by Crippen LogP contribution is -2.01. The quantitative estimate of drug-likeness (QED) is 0.750. The highest BCUT2D eigenvalue weighted by atomic mass is 19.1. The molecule has 6 heteroatoms. The van der Waals surface area contributed by atoms with Gasteiger partial charge in [0.05, 0.1) is 5.69 Å². The van der Waals surface area contributed by atoms with Crippen molar-refractivity contribution in [1.29, 1.82) is 0 Å². The van der Waals surface area contributed by atoms with Crippen LogP contribution in [0.25, 0.3) is 16.9 Å². The number of aromatic hydroxyl groups is 1. The van der Waals surface area contributed by atoms with E-state index in [0.717, 1.165) is 0 Å². The van der Waals surface area contributed by atoms with E-state index >= 15 is 0 Å². The molecule has 104 valence electrons. The van der Waals surface area contributed by atoms with Gasteiger partial charge in [-0.2, -0.15) is 0 Å². The van der Waals surface area contributed by atoms with Gasteiger partial charge in [0.1, 0.15) is 17.3 Å². The minimum Gasteiger partial charge on any atom is -0.508 e. The number of phenolic OH excluding ortho intramolecular Hbond substituents is 1. The van der Waals surface area contributed by atoms with Crippen molar-refractivity contribution in [2.75, 3.05) is 0 Å². The summed E-state index contributed by atoms with van der Waals surface area (Å²) >= 11 is 0. The number of phenols is 1. The third-order valence-corrected chi connectivity index (χ3v) is 3.03. The SMILES string of the molecule is O=Cc1nnn(-c2ccc(O)cc2)c1-c1ccccc1F. The van der Waals surface area contributed by atoms with E-state index in [4.69, 9.17) is 0 Å². The molecule has 0 bridgehead atoms. The van der Waals surface area contributed by atoms with Crippen LogP contribution in [0.3, 0.4) is 0 Å². The monoisotopic (exact) mass is 283 g/mol. The van der Waals surface area contributed by atoms with Crippen LogP contribution in [0.2, 0.25) is 0 Å². The molecule has 2 aromatic carbocycles. The lowest BCUT2D eigenvalue weighted by molar-refractivity contribution is 0.111. The molecule has 0 aliphatic rings. The van der Waals surface area contributed by atoms with Crippen LogP contribution in [-0.4, -0.2) is 26.4 Å². The first-order chi connectivity index (χ1) is 10.2. The van der Waals surface area contributed by atoms with Gasteiger partial charge < -0.3 is 5.11 Å². The lowest BCUT2D eigenvalue weighted by atomic mass is 10.1. The van der Waals surface area contributed by atoms with Crippen molar-refractivity contribution in [3.05, 3.63) is 60.0 Å². The zero-order valence-electron chi connectivity index (χ0n) is 10.8. The standard InChI is InChI=1S/C15H10FN3O2/c16-13-4-2-1-3-12(13)15-14(9-20)17-18-19(15)10-5-7-11(21)8-6-10/h1-9,21H. The highest BCUT2D eigenvalue weighted by Crippen LogP contribution is 2.27. The van der Waals surface area contributed by atoms with Crippen molar-refractivity contribution in [2.45, 2.75) is 0 Å². The molecule has 5 nitrogen and oxygen atoms in total. The maximum atomic E-state index is 14.0. The summed E-state index contributed by atoms with van der Waals surface area (Å²) in [6.45, 7) is 0. The third-order valence-electron chi connectivity index (χ3n) is 3.03. The van der Waals surface area contributed by atoms with Crippen LogP contribution >= 0.6 is 0 Å². The normalized spacial score (nSPS) is 10.5. The van der Waals surface area contributed by atoms with Gasteiger partial charge in [-0.15, -0.1) is 5.10 Å². The molecule has 1 heterocycles. The summed E-state index contributed by atoms with van der Waals surface area (Å²) in [5.41, 5.74) is 1.12. The van der Waals surface area contributed by atoms with Crippen LogP contribution in [0.5, 0.6) is 5.75 Å². The van der Waals surface area contributed by atoms with Crippen LogP contribution in [0, 0.1) is 5.82 Å². The number of halogens is 1. The van der Waals surface area contributed by atoms with Gasteiger partial charge in [-0.05, 0) is 36.4 Å². The van der Waals surface area contributed by atoms with Crippen LogP contribution in [-0.2, 0) is 0 Å². The molecular formula is C15H10FN3O2. The molecule has 0 amide bonds. The Morgan fingerprint density at radius 1 is 1.10 bits per heavy atom. The number of aldehydes is 1. The summed E-state index contributed by atoms with van der Waals surface area (Å²) < 4.78 is 15.4. The lowest BCUT2D eigenvalue weighted by Gasteiger charge is -2.08. The zero-order valence-corrected chi connectivity index (χ0v) is 10.8. The van der Waals surface area contributed by atoms with Crippen molar-refractivity contribution in [1.82, 2.24) is 15.0 Å². The van der Waals surface area contributed by atoms with Gasteiger partial charge in [0, 0.05) is 5.56 Å². The van der Waals surface area contributed by atoms with Crippen molar-refractivity contribution < 1.29 is 14.3 Å². The Morgan fingerprint density at radius 3 is 2.48 bits per heavy atom. The fourth-order valence-electron chi connectivity index (χ4n) is 2.05. The average Bonchev–Trinajstić information content (AvgIpc) is 2.92. The molecule has 0 aliphatic heterocycles. The molecule has 1 aromatic heterocycles. The van der Waals surface area contributed by atoms with E-state index in [1.165, 1.54) is 22.9 Å². The minimum atomic E-state index is -0.470. The van der Waals surface area contributed by atoms with Crippen molar-refractivity contribution in [3.8, 4) is 22.7 Å². The van der Waals surface area contributed by atoms with Crippen molar-refractivity contribution >= 4 is 6.29 Å². The Hall–Kier alpha value is -3.02. The Balaban J connectivity index is 2.24. The second-order valence-electron chi connectivity index (χ2n) is 4.35. The minimum absolute atomic E-state index is 0.0492. The van der Waals surface area contributed by atoms with Gasteiger partial charge in [-0.25, -0.2) is 9.07 Å². The van der Waals surface area contributed by atoms with E-state index < -0.39 is 5.82 Å². The maximum absolute atomic E-state index is 14.0. The predicted octanol–water partition coefficient (Wildman–Crippen LogP) is 2.59. The van der Waals surface area contributed by atoms with Crippen molar-refractivity contribution in [2.24, 2.45) is 0 Å². The van der Waals surface area contributed by atoms with Gasteiger partial charge >= 0.3 is 0 Å². The predicted molar refractivity (Wildman–Crippen MR) is 73.8 cm³/mol. The van der Waals surface area contributed by atoms with Crippen molar-refractivity contribution in [3.63, 3.8) is 0 Å². The summed E-state index contributed by atoms with van der Waals surface area (Å²) in [6, 6.07) is 12.2. The second kappa shape index (κ2) is 5.16. The number of aromatic nitrogens is 3. The molecular weight excluding hydrogens is 273 g/mol. The fraction of sp³-hybridized carbons (Fsp3) is 0. The Morgan fingerprint density at radius 2 is 1.81 bits per heavy atom. The molecule has 21 heavy (non-hydrogen) atoms. The maximum Gasteiger partial charge on any atom is 0.172 e. The molecule has 0 atom stereocenters. The van der Waals surface area contributed by atoms with Crippen LogP contribution < -0.4 is 0 Å². The summed E-state index contributed by atoms with van der Waals surface area (Å²) in [5.74, 6) is -0.371. The third kappa shape index (κ3) is 2.27. The number of carbonyl (C=O) groups excluding carboxylic acids is 1. The summed E-state index contributed by atoms with van der Waals surface area (Å²) in [4.78, 5) is 11.1. The number of carbonyl (C=O) groups is 1. The molecule has 3 aromatic rings.